The van der Waals surface area contributed by atoms with Crippen LogP contribution in [-0.4, -0.2) is 24.9 Å². The van der Waals surface area contributed by atoms with E-state index in [2.05, 4.69) is 184 Å². The van der Waals surface area contributed by atoms with Gasteiger partial charge < -0.3 is 0 Å². The Morgan fingerprint density at radius 2 is 0.984 bits per heavy atom. The second-order valence-corrected chi connectivity index (χ2v) is 16.4. The molecule has 11 rings (SSSR count). The molecule has 0 N–H and O–H groups in total. The summed E-state index contributed by atoms with van der Waals surface area (Å²) < 4.78 is 0. The number of aromatic nitrogens is 5. The van der Waals surface area contributed by atoms with Gasteiger partial charge in [0.2, 0.25) is 0 Å². The maximum atomic E-state index is 5.20. The van der Waals surface area contributed by atoms with Gasteiger partial charge in [0.25, 0.3) is 0 Å². The third kappa shape index (κ3) is 6.65. The Hall–Kier alpha value is -7.63. The average molecular weight is 784 g/mol. The molecule has 61 heavy (non-hydrogen) atoms. The molecule has 0 saturated heterocycles. The van der Waals surface area contributed by atoms with E-state index >= 15 is 0 Å². The molecule has 0 unspecified atom stereocenters. The first kappa shape index (κ1) is 36.4. The summed E-state index contributed by atoms with van der Waals surface area (Å²) in [5, 5.41) is 2.33. The lowest BCUT2D eigenvalue weighted by molar-refractivity contribution is 0.660. The molecule has 2 heterocycles. The van der Waals surface area contributed by atoms with Crippen molar-refractivity contribution in [3.8, 4) is 78.9 Å². The minimum absolute atomic E-state index is 0.134. The lowest BCUT2D eigenvalue weighted by Crippen LogP contribution is -2.15. The highest BCUT2D eigenvalue weighted by Gasteiger charge is 2.35. The number of rotatable bonds is 7. The molecule has 7 aromatic carbocycles. The summed E-state index contributed by atoms with van der Waals surface area (Å²) in [5.41, 5.74) is 14.9. The van der Waals surface area contributed by atoms with E-state index < -0.39 is 0 Å². The van der Waals surface area contributed by atoms with Gasteiger partial charge in [0, 0.05) is 38.8 Å². The fourth-order valence-corrected chi connectivity index (χ4v) is 8.98. The molecule has 0 radical (unpaired) electrons. The summed E-state index contributed by atoms with van der Waals surface area (Å²) in [6.07, 6.45) is 8.55. The number of allylic oxidation sites excluding steroid dienone is 4. The van der Waals surface area contributed by atoms with Crippen LogP contribution in [0.1, 0.15) is 43.6 Å². The van der Waals surface area contributed by atoms with Gasteiger partial charge in [0.15, 0.2) is 23.3 Å². The van der Waals surface area contributed by atoms with Crippen LogP contribution in [0.3, 0.4) is 0 Å². The lowest BCUT2D eigenvalue weighted by atomic mass is 9.82. The van der Waals surface area contributed by atoms with E-state index in [-0.39, 0.29) is 5.41 Å². The molecule has 0 bridgehead atoms. The molecule has 9 aromatic rings. The highest BCUT2D eigenvalue weighted by Crippen LogP contribution is 2.49. The van der Waals surface area contributed by atoms with Crippen molar-refractivity contribution >= 4 is 16.3 Å². The van der Waals surface area contributed by atoms with Crippen molar-refractivity contribution in [2.24, 2.45) is 0 Å². The van der Waals surface area contributed by atoms with E-state index in [0.717, 1.165) is 74.1 Å². The SMILES string of the molecule is CC1(C)c2ccccc2-c2ccc(-c3nc(C4=CCCC=C4)nc(-c4cccc(-c5cccc(-c6cc(-c7cccc8ccccc78)nc(-c7ccccc7)n6)c5)c4)n3)cc21. The van der Waals surface area contributed by atoms with Gasteiger partial charge in [0.05, 0.1) is 11.4 Å². The number of nitrogens with zero attached hydrogens (tertiary/aromatic N) is 5. The quantitative estimate of drug-likeness (QED) is 0.161. The van der Waals surface area contributed by atoms with Gasteiger partial charge in [-0.1, -0.05) is 178 Å². The molecule has 0 fully saturated rings. The Kier molecular flexibility index (Phi) is 8.89. The lowest BCUT2D eigenvalue weighted by Gasteiger charge is -2.21. The molecule has 2 aliphatic rings. The minimum atomic E-state index is -0.134. The molecular formula is C56H41N5. The highest BCUT2D eigenvalue weighted by molar-refractivity contribution is 5.96. The maximum Gasteiger partial charge on any atom is 0.164 e. The largest absolute Gasteiger partial charge is 0.228 e. The van der Waals surface area contributed by atoms with Crippen molar-refractivity contribution in [1.82, 2.24) is 24.9 Å². The van der Waals surface area contributed by atoms with Crippen LogP contribution >= 0.6 is 0 Å². The summed E-state index contributed by atoms with van der Waals surface area (Å²) in [6.45, 7) is 4.61. The average Bonchev–Trinajstić information content (AvgIpc) is 3.56. The van der Waals surface area contributed by atoms with Crippen molar-refractivity contribution in [2.75, 3.05) is 0 Å². The second kappa shape index (κ2) is 14.9. The van der Waals surface area contributed by atoms with Crippen LogP contribution in [0.15, 0.2) is 188 Å². The zero-order chi connectivity index (χ0) is 40.9. The monoisotopic (exact) mass is 783 g/mol. The fraction of sp³-hybridized carbons (Fsp3) is 0.0893. The Bertz CT molecular complexity index is 3230. The van der Waals surface area contributed by atoms with Gasteiger partial charge >= 0.3 is 0 Å². The molecular weight excluding hydrogens is 743 g/mol. The van der Waals surface area contributed by atoms with Crippen LogP contribution < -0.4 is 0 Å². The summed E-state index contributed by atoms with van der Waals surface area (Å²) in [5.74, 6) is 2.69. The highest BCUT2D eigenvalue weighted by atomic mass is 15.0. The summed E-state index contributed by atoms with van der Waals surface area (Å²) >= 11 is 0. The molecule has 0 aliphatic heterocycles. The third-order valence-corrected chi connectivity index (χ3v) is 12.2. The van der Waals surface area contributed by atoms with Crippen molar-refractivity contribution in [2.45, 2.75) is 32.1 Å². The first-order valence-corrected chi connectivity index (χ1v) is 21.0. The van der Waals surface area contributed by atoms with Crippen LogP contribution in [-0.2, 0) is 5.41 Å². The molecule has 5 heteroatoms. The summed E-state index contributed by atoms with van der Waals surface area (Å²) in [7, 11) is 0. The number of benzene rings is 7. The summed E-state index contributed by atoms with van der Waals surface area (Å²) in [4.78, 5) is 25.8. The molecule has 2 aliphatic carbocycles. The van der Waals surface area contributed by atoms with Crippen LogP contribution in [0, 0.1) is 0 Å². The smallest absolute Gasteiger partial charge is 0.164 e. The first-order valence-electron chi connectivity index (χ1n) is 21.0. The van der Waals surface area contributed by atoms with E-state index in [1.54, 1.807) is 0 Å². The zero-order valence-corrected chi connectivity index (χ0v) is 34.0. The van der Waals surface area contributed by atoms with E-state index in [1.807, 2.05) is 18.2 Å². The van der Waals surface area contributed by atoms with Crippen LogP contribution in [0.25, 0.3) is 95.3 Å². The van der Waals surface area contributed by atoms with Crippen molar-refractivity contribution in [1.29, 1.82) is 0 Å². The van der Waals surface area contributed by atoms with Crippen LogP contribution in [0.5, 0.6) is 0 Å². The van der Waals surface area contributed by atoms with E-state index in [1.165, 1.54) is 27.6 Å². The molecule has 0 amide bonds. The van der Waals surface area contributed by atoms with Crippen molar-refractivity contribution in [3.63, 3.8) is 0 Å². The standard InChI is InChI=1S/C56H41N5/c1-56(2)48-29-12-11-27-45(48)46-31-30-43(34-49(46)56)55-60-53(38-19-7-4-8-20-38)59-54(61-55)42-25-14-23-40(33-42)39-22-13-24-41(32-39)50-35-51(58-52(57-50)37-17-5-3-6-18-37)47-28-15-21-36-16-9-10-26-44(36)47/h3,5-7,9-35H,4,8H2,1-2H3. The van der Waals surface area contributed by atoms with Gasteiger partial charge in [-0.15, -0.1) is 0 Å². The van der Waals surface area contributed by atoms with Gasteiger partial charge in [-0.3, -0.25) is 0 Å². The van der Waals surface area contributed by atoms with Crippen molar-refractivity contribution < 1.29 is 0 Å². The zero-order valence-electron chi connectivity index (χ0n) is 34.0. The van der Waals surface area contributed by atoms with E-state index in [0.29, 0.717) is 23.3 Å². The molecule has 0 atom stereocenters. The van der Waals surface area contributed by atoms with E-state index in [4.69, 9.17) is 24.9 Å². The maximum absolute atomic E-state index is 5.20. The first-order chi connectivity index (χ1) is 30.0. The number of hydrogen-bond acceptors (Lipinski definition) is 5. The van der Waals surface area contributed by atoms with E-state index in [9.17, 15) is 0 Å². The van der Waals surface area contributed by atoms with Gasteiger partial charge in [0.1, 0.15) is 0 Å². The fourth-order valence-electron chi connectivity index (χ4n) is 8.98. The van der Waals surface area contributed by atoms with Gasteiger partial charge in [-0.2, -0.15) is 0 Å². The van der Waals surface area contributed by atoms with Crippen LogP contribution in [0.4, 0.5) is 0 Å². The molecule has 5 nitrogen and oxygen atoms in total. The van der Waals surface area contributed by atoms with Crippen molar-refractivity contribution in [3.05, 3.63) is 205 Å². The number of hydrogen-bond donors (Lipinski definition) is 0. The molecule has 0 saturated carbocycles. The number of fused-ring (bicyclic) bond motifs is 4. The Labute approximate surface area is 356 Å². The normalized spacial score (nSPS) is 13.8. The molecule has 2 aromatic heterocycles. The minimum Gasteiger partial charge on any atom is -0.228 e. The Balaban J connectivity index is 0.999. The Morgan fingerprint density at radius 1 is 0.393 bits per heavy atom. The van der Waals surface area contributed by atoms with Crippen LogP contribution in [0.2, 0.25) is 0 Å². The molecule has 0 spiro atoms. The molecule has 290 valence electrons. The predicted molar refractivity (Wildman–Crippen MR) is 249 cm³/mol. The Morgan fingerprint density at radius 3 is 1.80 bits per heavy atom. The van der Waals surface area contributed by atoms with Gasteiger partial charge in [-0.25, -0.2) is 24.9 Å². The van der Waals surface area contributed by atoms with Gasteiger partial charge in [-0.05, 0) is 81.3 Å². The summed E-state index contributed by atoms with van der Waals surface area (Å²) in [6, 6.07) is 59.7. The topological polar surface area (TPSA) is 64.5 Å². The second-order valence-electron chi connectivity index (χ2n) is 16.4. The predicted octanol–water partition coefficient (Wildman–Crippen LogP) is 13.9. The third-order valence-electron chi connectivity index (χ3n) is 12.2.